The zero-order chi connectivity index (χ0) is 21.8. The van der Waals surface area contributed by atoms with Gasteiger partial charge in [0.2, 0.25) is 5.88 Å². The number of nitrogens with one attached hydrogen (secondary N) is 1. The number of ether oxygens (including phenoxy) is 1. The normalized spacial score (nSPS) is 11.7. The number of carboxylic acids is 1. The summed E-state index contributed by atoms with van der Waals surface area (Å²) in [5.41, 5.74) is 2.72. The Balaban J connectivity index is 1.93. The van der Waals surface area contributed by atoms with Gasteiger partial charge in [-0.3, -0.25) is 9.59 Å². The molecule has 1 aromatic heterocycles. The number of aryl methyl sites for hydroxylation is 2. The van der Waals surface area contributed by atoms with Crippen LogP contribution in [-0.2, 0) is 4.79 Å². The molecule has 30 heavy (non-hydrogen) atoms. The number of amides is 1. The molecule has 2 N–H and O–H groups in total. The van der Waals surface area contributed by atoms with Crippen LogP contribution in [0, 0.1) is 19.7 Å². The van der Waals surface area contributed by atoms with Crippen LogP contribution in [0.5, 0.6) is 5.88 Å². The number of halogens is 1. The molecule has 2 aromatic carbocycles. The van der Waals surface area contributed by atoms with Crippen LogP contribution in [0.25, 0.3) is 5.69 Å². The van der Waals surface area contributed by atoms with Crippen LogP contribution in [0.4, 0.5) is 4.39 Å². The number of benzene rings is 2. The van der Waals surface area contributed by atoms with E-state index in [0.29, 0.717) is 5.56 Å². The van der Waals surface area contributed by atoms with E-state index in [2.05, 4.69) is 10.4 Å². The van der Waals surface area contributed by atoms with Gasteiger partial charge >= 0.3 is 5.97 Å². The van der Waals surface area contributed by atoms with Crippen LogP contribution in [0.2, 0.25) is 0 Å². The smallest absolute Gasteiger partial charge is 0.305 e. The van der Waals surface area contributed by atoms with Gasteiger partial charge in [-0.1, -0.05) is 35.9 Å². The summed E-state index contributed by atoms with van der Waals surface area (Å²) < 4.78 is 20.6. The number of methoxy groups -OCH3 is 1. The molecule has 7 nitrogen and oxygen atoms in total. The molecular weight excluding hydrogens is 389 g/mol. The van der Waals surface area contributed by atoms with Crippen molar-refractivity contribution in [3.8, 4) is 11.6 Å². The minimum atomic E-state index is -1.05. The summed E-state index contributed by atoms with van der Waals surface area (Å²) in [6, 6.07) is 12.2. The van der Waals surface area contributed by atoms with Gasteiger partial charge in [0, 0.05) is 6.07 Å². The first-order valence-electron chi connectivity index (χ1n) is 9.29. The minimum Gasteiger partial charge on any atom is -0.481 e. The number of aromatic nitrogens is 2. The Kier molecular flexibility index (Phi) is 6.15. The van der Waals surface area contributed by atoms with Crippen LogP contribution in [0.1, 0.15) is 39.6 Å². The van der Waals surface area contributed by atoms with E-state index in [1.54, 1.807) is 18.2 Å². The maximum absolute atomic E-state index is 14.2. The number of aliphatic carboxylic acids is 1. The Bertz CT molecular complexity index is 1090. The van der Waals surface area contributed by atoms with Gasteiger partial charge < -0.3 is 15.2 Å². The van der Waals surface area contributed by atoms with E-state index >= 15 is 0 Å². The zero-order valence-corrected chi connectivity index (χ0v) is 16.8. The number of rotatable bonds is 7. The van der Waals surface area contributed by atoms with Crippen molar-refractivity contribution in [1.29, 1.82) is 0 Å². The highest BCUT2D eigenvalue weighted by molar-refractivity contribution is 5.93. The van der Waals surface area contributed by atoms with E-state index in [1.807, 2.05) is 26.0 Å². The number of carboxylic acid groups (broad SMARTS) is 1. The highest BCUT2D eigenvalue weighted by atomic mass is 19.1. The van der Waals surface area contributed by atoms with Crippen molar-refractivity contribution in [2.75, 3.05) is 7.11 Å². The van der Waals surface area contributed by atoms with Crippen LogP contribution < -0.4 is 10.1 Å². The van der Waals surface area contributed by atoms with E-state index in [1.165, 1.54) is 30.0 Å². The van der Waals surface area contributed by atoms with E-state index in [4.69, 9.17) is 4.74 Å². The summed E-state index contributed by atoms with van der Waals surface area (Å²) in [6.45, 7) is 3.79. The van der Waals surface area contributed by atoms with Gasteiger partial charge in [0.15, 0.2) is 5.69 Å². The Morgan fingerprint density at radius 3 is 2.57 bits per heavy atom. The fraction of sp³-hybridized carbons (Fsp3) is 0.227. The van der Waals surface area contributed by atoms with Crippen molar-refractivity contribution >= 4 is 11.9 Å². The summed E-state index contributed by atoms with van der Waals surface area (Å²) in [7, 11) is 1.39. The summed E-state index contributed by atoms with van der Waals surface area (Å²) in [5, 5.41) is 16.2. The third-order valence-corrected chi connectivity index (χ3v) is 4.68. The first-order chi connectivity index (χ1) is 14.3. The summed E-state index contributed by atoms with van der Waals surface area (Å²) in [5.74, 6) is -1.99. The Labute approximate surface area is 173 Å². The van der Waals surface area contributed by atoms with Crippen molar-refractivity contribution in [3.05, 3.63) is 76.7 Å². The van der Waals surface area contributed by atoms with Gasteiger partial charge in [-0.25, -0.2) is 4.39 Å². The second kappa shape index (κ2) is 8.77. The molecule has 0 bridgehead atoms. The lowest BCUT2D eigenvalue weighted by atomic mass is 9.97. The molecule has 1 heterocycles. The number of nitrogens with zero attached hydrogens (tertiary/aromatic N) is 2. The predicted octanol–water partition coefficient (Wildman–Crippen LogP) is 3.58. The second-order valence-corrected chi connectivity index (χ2v) is 6.92. The fourth-order valence-corrected chi connectivity index (χ4v) is 3.28. The van der Waals surface area contributed by atoms with Crippen LogP contribution >= 0.6 is 0 Å². The van der Waals surface area contributed by atoms with Crippen LogP contribution in [0.3, 0.4) is 0 Å². The molecule has 3 rings (SSSR count). The molecule has 3 aromatic rings. The molecule has 0 aliphatic carbocycles. The molecule has 8 heteroatoms. The maximum atomic E-state index is 14.2. The second-order valence-electron chi connectivity index (χ2n) is 6.92. The highest BCUT2D eigenvalue weighted by Gasteiger charge is 2.24. The average molecular weight is 411 g/mol. The fourth-order valence-electron chi connectivity index (χ4n) is 3.28. The van der Waals surface area contributed by atoms with Crippen molar-refractivity contribution in [2.45, 2.75) is 26.3 Å². The number of para-hydroxylation sites is 1. The van der Waals surface area contributed by atoms with Gasteiger partial charge in [0.1, 0.15) is 11.5 Å². The SMILES string of the molecule is COc1cc(C(=O)NC(CC(=O)O)c2ccc(C)cc2C)nn1-c1ccccc1F. The van der Waals surface area contributed by atoms with Crippen LogP contribution in [-0.4, -0.2) is 33.9 Å². The minimum absolute atomic E-state index is 0.0183. The third-order valence-electron chi connectivity index (χ3n) is 4.68. The maximum Gasteiger partial charge on any atom is 0.305 e. The summed E-state index contributed by atoms with van der Waals surface area (Å²) in [4.78, 5) is 24.2. The molecule has 1 amide bonds. The average Bonchev–Trinajstić information content (AvgIpc) is 3.12. The standard InChI is InChI=1S/C22H22FN3O4/c1-13-8-9-15(14(2)10-13)17(12-21(27)28)24-22(29)18-11-20(30-3)26(25-18)19-7-5-4-6-16(19)23/h4-11,17H,12H2,1-3H3,(H,24,29)(H,27,28). The van der Waals surface area contributed by atoms with Gasteiger partial charge in [-0.2, -0.15) is 9.78 Å². The lowest BCUT2D eigenvalue weighted by molar-refractivity contribution is -0.137. The largest absolute Gasteiger partial charge is 0.481 e. The zero-order valence-electron chi connectivity index (χ0n) is 16.8. The van der Waals surface area contributed by atoms with Gasteiger partial charge in [0.05, 0.1) is 19.6 Å². The number of carbonyl (C=O) groups excluding carboxylic acids is 1. The molecular formula is C22H22FN3O4. The van der Waals surface area contributed by atoms with Gasteiger partial charge in [0.25, 0.3) is 5.91 Å². The molecule has 0 radical (unpaired) electrons. The summed E-state index contributed by atoms with van der Waals surface area (Å²) in [6.07, 6.45) is -0.291. The van der Waals surface area contributed by atoms with E-state index in [0.717, 1.165) is 11.1 Å². The number of hydrogen-bond acceptors (Lipinski definition) is 4. The van der Waals surface area contributed by atoms with Gasteiger partial charge in [-0.15, -0.1) is 0 Å². The van der Waals surface area contributed by atoms with E-state index < -0.39 is 23.7 Å². The number of hydrogen-bond donors (Lipinski definition) is 2. The molecule has 0 saturated heterocycles. The van der Waals surface area contributed by atoms with Crippen molar-refractivity contribution in [1.82, 2.24) is 15.1 Å². The predicted molar refractivity (Wildman–Crippen MR) is 108 cm³/mol. The molecule has 1 unspecified atom stereocenters. The van der Waals surface area contributed by atoms with E-state index in [-0.39, 0.29) is 23.7 Å². The lowest BCUT2D eigenvalue weighted by Gasteiger charge is -2.19. The van der Waals surface area contributed by atoms with Crippen LogP contribution in [0.15, 0.2) is 48.5 Å². The lowest BCUT2D eigenvalue weighted by Crippen LogP contribution is -2.31. The molecule has 0 fully saturated rings. The third kappa shape index (κ3) is 4.48. The first-order valence-corrected chi connectivity index (χ1v) is 9.29. The Morgan fingerprint density at radius 1 is 1.20 bits per heavy atom. The Hall–Kier alpha value is -3.68. The molecule has 156 valence electrons. The molecule has 0 saturated carbocycles. The number of carbonyl (C=O) groups is 2. The monoisotopic (exact) mass is 411 g/mol. The molecule has 0 aliphatic rings. The highest BCUT2D eigenvalue weighted by Crippen LogP contribution is 2.24. The molecule has 0 aliphatic heterocycles. The quantitative estimate of drug-likeness (QED) is 0.620. The van der Waals surface area contributed by atoms with Crippen molar-refractivity contribution in [3.63, 3.8) is 0 Å². The van der Waals surface area contributed by atoms with E-state index in [9.17, 15) is 19.1 Å². The molecule has 1 atom stereocenters. The Morgan fingerprint density at radius 2 is 1.93 bits per heavy atom. The summed E-state index contributed by atoms with van der Waals surface area (Å²) >= 11 is 0. The topological polar surface area (TPSA) is 93.4 Å². The van der Waals surface area contributed by atoms with Gasteiger partial charge in [-0.05, 0) is 37.1 Å². The first kappa shape index (κ1) is 21.0. The van der Waals surface area contributed by atoms with Crippen molar-refractivity contribution < 1.29 is 23.8 Å². The molecule has 0 spiro atoms. The van der Waals surface area contributed by atoms with Crippen molar-refractivity contribution in [2.24, 2.45) is 0 Å².